The number of hydrogen-bond acceptors (Lipinski definition) is 1. The minimum Gasteiger partial charge on any atom is -0.258 e. The van der Waals surface area contributed by atoms with Crippen LogP contribution >= 0.6 is 0 Å². The highest BCUT2D eigenvalue weighted by Gasteiger charge is 1.85. The van der Waals surface area contributed by atoms with Gasteiger partial charge in [0, 0.05) is 6.20 Å². The highest BCUT2D eigenvalue weighted by Crippen LogP contribution is 1.95. The smallest absolute Gasteiger partial charge is 0.0626 e. The molecule has 0 fully saturated rings. The van der Waals surface area contributed by atoms with E-state index in [1.807, 2.05) is 13.0 Å². The van der Waals surface area contributed by atoms with E-state index in [9.17, 15) is 0 Å². The van der Waals surface area contributed by atoms with Crippen molar-refractivity contribution >= 4 is 5.71 Å². The van der Waals surface area contributed by atoms with Crippen molar-refractivity contribution in [2.45, 2.75) is 6.92 Å². The molecule has 1 nitrogen and oxygen atoms in total. The minimum atomic E-state index is 0.803. The topological polar surface area (TPSA) is 12.4 Å². The predicted molar refractivity (Wildman–Crippen MR) is 51.8 cm³/mol. The molecule has 0 heterocycles. The molecule has 0 rings (SSSR count). The summed E-state index contributed by atoms with van der Waals surface area (Å²) in [4.78, 5) is 3.97. The van der Waals surface area contributed by atoms with Crippen molar-refractivity contribution < 1.29 is 0 Å². The maximum atomic E-state index is 3.97. The summed E-state index contributed by atoms with van der Waals surface area (Å²) in [7, 11) is 0. The summed E-state index contributed by atoms with van der Waals surface area (Å²) in [6.45, 7) is 12.7. The van der Waals surface area contributed by atoms with Crippen molar-refractivity contribution in [1.82, 2.24) is 0 Å². The van der Waals surface area contributed by atoms with Crippen LogP contribution < -0.4 is 0 Å². The van der Waals surface area contributed by atoms with Crippen LogP contribution in [0.15, 0.2) is 54.7 Å². The van der Waals surface area contributed by atoms with Crippen LogP contribution in [-0.2, 0) is 0 Å². The maximum absolute atomic E-state index is 3.97. The SMILES string of the molecule is C=C/N=C(C=C)\C=C(\C)C=C. The molecule has 0 spiro atoms. The molecule has 0 saturated heterocycles. The van der Waals surface area contributed by atoms with Crippen molar-refractivity contribution in [1.29, 1.82) is 0 Å². The lowest BCUT2D eigenvalue weighted by atomic mass is 10.2. The molecule has 0 aliphatic carbocycles. The third-order valence-corrected chi connectivity index (χ3v) is 1.15. The third-order valence-electron chi connectivity index (χ3n) is 1.15. The van der Waals surface area contributed by atoms with Crippen LogP contribution in [0.5, 0.6) is 0 Å². The Morgan fingerprint density at radius 2 is 1.82 bits per heavy atom. The highest BCUT2D eigenvalue weighted by molar-refractivity contribution is 6.04. The van der Waals surface area contributed by atoms with Gasteiger partial charge in [-0.1, -0.05) is 25.8 Å². The first-order valence-corrected chi connectivity index (χ1v) is 3.36. The molecule has 0 aromatic heterocycles. The van der Waals surface area contributed by atoms with Crippen molar-refractivity contribution in [3.8, 4) is 0 Å². The zero-order valence-electron chi connectivity index (χ0n) is 6.88. The monoisotopic (exact) mass is 147 g/mol. The van der Waals surface area contributed by atoms with Gasteiger partial charge in [-0.3, -0.25) is 4.99 Å². The second-order valence-corrected chi connectivity index (χ2v) is 2.03. The van der Waals surface area contributed by atoms with Gasteiger partial charge in [0.05, 0.1) is 5.71 Å². The minimum absolute atomic E-state index is 0.803. The molecule has 58 valence electrons. The molecular weight excluding hydrogens is 134 g/mol. The van der Waals surface area contributed by atoms with Gasteiger partial charge in [-0.15, -0.1) is 0 Å². The summed E-state index contributed by atoms with van der Waals surface area (Å²) >= 11 is 0. The normalized spacial score (nSPS) is 12.5. The first-order valence-electron chi connectivity index (χ1n) is 3.36. The van der Waals surface area contributed by atoms with Crippen LogP contribution in [0.4, 0.5) is 0 Å². The summed E-state index contributed by atoms with van der Waals surface area (Å²) in [5.41, 5.74) is 1.86. The van der Waals surface area contributed by atoms with Gasteiger partial charge in [-0.2, -0.15) is 0 Å². The number of aliphatic imine (C=N–C) groups is 1. The van der Waals surface area contributed by atoms with Gasteiger partial charge in [0.25, 0.3) is 0 Å². The van der Waals surface area contributed by atoms with Gasteiger partial charge in [0.1, 0.15) is 0 Å². The largest absolute Gasteiger partial charge is 0.258 e. The van der Waals surface area contributed by atoms with Crippen LogP contribution in [0.1, 0.15) is 6.92 Å². The van der Waals surface area contributed by atoms with E-state index >= 15 is 0 Å². The Bertz CT molecular complexity index is 219. The van der Waals surface area contributed by atoms with Crippen LogP contribution in [0, 0.1) is 0 Å². The fraction of sp³-hybridized carbons (Fsp3) is 0.100. The van der Waals surface area contributed by atoms with Gasteiger partial charge in [0.15, 0.2) is 0 Å². The zero-order valence-corrected chi connectivity index (χ0v) is 6.88. The van der Waals surface area contributed by atoms with Gasteiger partial charge < -0.3 is 0 Å². The van der Waals surface area contributed by atoms with Gasteiger partial charge in [0.2, 0.25) is 0 Å². The predicted octanol–water partition coefficient (Wildman–Crippen LogP) is 2.89. The molecule has 0 radical (unpaired) electrons. The Balaban J connectivity index is 4.53. The summed E-state index contributed by atoms with van der Waals surface area (Å²) in [6.07, 6.45) is 6.82. The Morgan fingerprint density at radius 3 is 2.18 bits per heavy atom. The van der Waals surface area contributed by atoms with E-state index in [2.05, 4.69) is 24.7 Å². The Morgan fingerprint density at radius 1 is 1.18 bits per heavy atom. The lowest BCUT2D eigenvalue weighted by molar-refractivity contribution is 1.52. The van der Waals surface area contributed by atoms with E-state index in [-0.39, 0.29) is 0 Å². The molecule has 0 aliphatic heterocycles. The average molecular weight is 147 g/mol. The van der Waals surface area contributed by atoms with Crippen LogP contribution in [0.25, 0.3) is 0 Å². The summed E-state index contributed by atoms with van der Waals surface area (Å²) in [5, 5.41) is 0. The van der Waals surface area contributed by atoms with E-state index in [0.717, 1.165) is 11.3 Å². The number of nitrogens with zero attached hydrogens (tertiary/aromatic N) is 1. The second-order valence-electron chi connectivity index (χ2n) is 2.03. The third kappa shape index (κ3) is 4.09. The summed E-state index contributed by atoms with van der Waals surface area (Å²) in [6, 6.07) is 0. The van der Waals surface area contributed by atoms with Crippen molar-refractivity contribution in [2.24, 2.45) is 4.99 Å². The van der Waals surface area contributed by atoms with Crippen molar-refractivity contribution in [3.63, 3.8) is 0 Å². The summed E-state index contributed by atoms with van der Waals surface area (Å²) < 4.78 is 0. The van der Waals surface area contributed by atoms with Gasteiger partial charge in [-0.05, 0) is 24.6 Å². The first-order chi connectivity index (χ1) is 5.24. The second kappa shape index (κ2) is 5.42. The Labute approximate surface area is 68.2 Å². The molecule has 0 N–H and O–H groups in total. The molecule has 0 saturated carbocycles. The first kappa shape index (κ1) is 9.63. The van der Waals surface area contributed by atoms with E-state index in [0.29, 0.717) is 0 Å². The fourth-order valence-corrected chi connectivity index (χ4v) is 0.546. The van der Waals surface area contributed by atoms with Crippen LogP contribution in [0.2, 0.25) is 0 Å². The number of allylic oxidation sites excluding steroid dienone is 4. The Hall–Kier alpha value is -1.37. The van der Waals surface area contributed by atoms with E-state index in [1.165, 1.54) is 6.20 Å². The van der Waals surface area contributed by atoms with Crippen LogP contribution in [0.3, 0.4) is 0 Å². The van der Waals surface area contributed by atoms with Crippen molar-refractivity contribution in [2.75, 3.05) is 0 Å². The Kier molecular flexibility index (Phi) is 4.74. The zero-order chi connectivity index (χ0) is 8.69. The average Bonchev–Trinajstić information content (AvgIpc) is 2.03. The molecule has 0 atom stereocenters. The van der Waals surface area contributed by atoms with Gasteiger partial charge >= 0.3 is 0 Å². The fourth-order valence-electron chi connectivity index (χ4n) is 0.546. The standard InChI is InChI=1S/C10H13N/c1-5-9(4)8-10(6-2)11-7-3/h5-8H,1-3H2,4H3/b9-8-,11-10-. The molecule has 0 amide bonds. The van der Waals surface area contributed by atoms with Gasteiger partial charge in [-0.25, -0.2) is 0 Å². The van der Waals surface area contributed by atoms with E-state index < -0.39 is 0 Å². The lowest BCUT2D eigenvalue weighted by Crippen LogP contribution is -1.86. The van der Waals surface area contributed by atoms with Crippen molar-refractivity contribution in [3.05, 3.63) is 49.7 Å². The molecule has 0 aliphatic rings. The number of rotatable bonds is 4. The summed E-state index contributed by atoms with van der Waals surface area (Å²) in [5.74, 6) is 0. The molecule has 0 aromatic carbocycles. The van der Waals surface area contributed by atoms with Crippen LogP contribution in [-0.4, -0.2) is 5.71 Å². The molecule has 11 heavy (non-hydrogen) atoms. The molecule has 1 heteroatoms. The molecule has 0 unspecified atom stereocenters. The molecule has 0 aromatic rings. The highest BCUT2D eigenvalue weighted by atomic mass is 14.7. The maximum Gasteiger partial charge on any atom is 0.0626 e. The quantitative estimate of drug-likeness (QED) is 0.428. The number of hydrogen-bond donors (Lipinski definition) is 0. The molecule has 0 bridgehead atoms. The lowest BCUT2D eigenvalue weighted by Gasteiger charge is -1.91. The van der Waals surface area contributed by atoms with E-state index in [4.69, 9.17) is 0 Å². The molecular formula is C10H13N. The van der Waals surface area contributed by atoms with E-state index in [1.54, 1.807) is 12.2 Å².